The van der Waals surface area contributed by atoms with Crippen molar-refractivity contribution >= 4 is 17.5 Å². The minimum atomic E-state index is -0.148. The lowest BCUT2D eigenvalue weighted by molar-refractivity contribution is -0.121. The van der Waals surface area contributed by atoms with Crippen LogP contribution >= 0.6 is 11.6 Å². The van der Waals surface area contributed by atoms with Gasteiger partial charge < -0.3 is 14.4 Å². The molecule has 1 amide bonds. The summed E-state index contributed by atoms with van der Waals surface area (Å²) in [5, 5.41) is 7.34. The van der Waals surface area contributed by atoms with Gasteiger partial charge in [0.1, 0.15) is 0 Å². The Morgan fingerprint density at radius 2 is 2.03 bits per heavy atom. The number of halogens is 1. The Labute approximate surface area is 173 Å². The smallest absolute Gasteiger partial charge is 0.261 e. The van der Waals surface area contributed by atoms with Crippen LogP contribution in [0.3, 0.4) is 0 Å². The first kappa shape index (κ1) is 20.8. The fraction of sp³-hybridized carbons (Fsp3) is 0.333. The number of nitrogens with zero attached hydrogens (tertiary/aromatic N) is 3. The van der Waals surface area contributed by atoms with Crippen molar-refractivity contribution in [3.63, 3.8) is 0 Å². The van der Waals surface area contributed by atoms with E-state index in [0.29, 0.717) is 29.6 Å². The Bertz CT molecular complexity index is 1060. The van der Waals surface area contributed by atoms with E-state index in [-0.39, 0.29) is 30.1 Å². The number of aromatic nitrogens is 3. The van der Waals surface area contributed by atoms with E-state index >= 15 is 0 Å². The maximum absolute atomic E-state index is 12.7. The number of aryl methyl sites for hydroxylation is 2. The van der Waals surface area contributed by atoms with Crippen LogP contribution in [-0.2, 0) is 24.3 Å². The molecule has 152 valence electrons. The first-order chi connectivity index (χ1) is 14.0. The molecule has 0 saturated carbocycles. The molecule has 2 heterocycles. The molecular formula is C21H23ClN4O3. The van der Waals surface area contributed by atoms with E-state index in [1.165, 1.54) is 0 Å². The van der Waals surface area contributed by atoms with E-state index in [9.17, 15) is 9.59 Å². The number of carbonyl (C=O) groups excluding carboxylic acids is 1. The highest BCUT2D eigenvalue weighted by molar-refractivity contribution is 6.31. The van der Waals surface area contributed by atoms with E-state index in [2.05, 4.69) is 15.5 Å². The molecule has 3 aromatic rings. The van der Waals surface area contributed by atoms with E-state index in [0.717, 1.165) is 17.7 Å². The lowest BCUT2D eigenvalue weighted by Crippen LogP contribution is -2.24. The summed E-state index contributed by atoms with van der Waals surface area (Å²) in [4.78, 5) is 29.0. The molecule has 2 aromatic heterocycles. The van der Waals surface area contributed by atoms with Crippen LogP contribution in [0.5, 0.6) is 0 Å². The zero-order valence-corrected chi connectivity index (χ0v) is 17.2. The Kier molecular flexibility index (Phi) is 6.82. The number of hydrogen-bond donors (Lipinski definition) is 1. The van der Waals surface area contributed by atoms with Gasteiger partial charge in [-0.05, 0) is 37.1 Å². The standard InChI is InChI=1S/C21H23ClN4O3/c1-3-12-26-14(2)8-9-16(21(26)28)20-24-19(29-25-20)11-10-18(27)23-13-15-6-4-5-7-17(15)22/h4-9H,3,10-13H2,1-2H3,(H,23,27). The summed E-state index contributed by atoms with van der Waals surface area (Å²) in [6, 6.07) is 10.9. The summed E-state index contributed by atoms with van der Waals surface area (Å²) in [7, 11) is 0. The van der Waals surface area contributed by atoms with Crippen LogP contribution in [0.2, 0.25) is 5.02 Å². The Morgan fingerprint density at radius 1 is 1.24 bits per heavy atom. The van der Waals surface area contributed by atoms with Crippen molar-refractivity contribution in [3.05, 3.63) is 68.9 Å². The van der Waals surface area contributed by atoms with Gasteiger partial charge in [-0.3, -0.25) is 9.59 Å². The first-order valence-electron chi connectivity index (χ1n) is 9.53. The normalized spacial score (nSPS) is 10.9. The number of carbonyl (C=O) groups is 1. The lowest BCUT2D eigenvalue weighted by Gasteiger charge is -2.09. The Balaban J connectivity index is 1.61. The molecular weight excluding hydrogens is 392 g/mol. The summed E-state index contributed by atoms with van der Waals surface area (Å²) in [5.41, 5.74) is 1.99. The quantitative estimate of drug-likeness (QED) is 0.609. The molecule has 1 aromatic carbocycles. The van der Waals surface area contributed by atoms with Crippen LogP contribution in [0.15, 0.2) is 45.7 Å². The fourth-order valence-electron chi connectivity index (χ4n) is 2.95. The number of hydrogen-bond acceptors (Lipinski definition) is 5. The molecule has 0 fully saturated rings. The van der Waals surface area contributed by atoms with Crippen molar-refractivity contribution in [2.75, 3.05) is 0 Å². The van der Waals surface area contributed by atoms with Gasteiger partial charge in [-0.15, -0.1) is 0 Å². The predicted molar refractivity (Wildman–Crippen MR) is 111 cm³/mol. The van der Waals surface area contributed by atoms with Gasteiger partial charge in [-0.2, -0.15) is 4.98 Å². The zero-order valence-electron chi connectivity index (χ0n) is 16.4. The third-order valence-corrected chi connectivity index (χ3v) is 4.92. The minimum Gasteiger partial charge on any atom is -0.352 e. The molecule has 0 aliphatic heterocycles. The summed E-state index contributed by atoms with van der Waals surface area (Å²) >= 11 is 6.08. The van der Waals surface area contributed by atoms with Crippen molar-refractivity contribution in [1.29, 1.82) is 0 Å². The third-order valence-electron chi connectivity index (χ3n) is 4.55. The Hall–Kier alpha value is -2.93. The molecule has 0 atom stereocenters. The van der Waals surface area contributed by atoms with Crippen molar-refractivity contribution in [2.45, 2.75) is 46.2 Å². The summed E-state index contributed by atoms with van der Waals surface area (Å²) in [6.45, 7) is 4.90. The van der Waals surface area contributed by atoms with Crippen LogP contribution in [0.25, 0.3) is 11.4 Å². The molecule has 0 unspecified atom stereocenters. The average Bonchev–Trinajstić information content (AvgIpc) is 3.17. The molecule has 0 spiro atoms. The lowest BCUT2D eigenvalue weighted by atomic mass is 10.2. The maximum atomic E-state index is 12.7. The number of amides is 1. The average molecular weight is 415 g/mol. The summed E-state index contributed by atoms with van der Waals surface area (Å²) in [6.07, 6.45) is 1.33. The molecule has 8 heteroatoms. The molecule has 29 heavy (non-hydrogen) atoms. The fourth-order valence-corrected chi connectivity index (χ4v) is 3.16. The van der Waals surface area contributed by atoms with Gasteiger partial charge in [0.15, 0.2) is 0 Å². The molecule has 0 aliphatic carbocycles. The number of pyridine rings is 1. The zero-order chi connectivity index (χ0) is 20.8. The van der Waals surface area contributed by atoms with Crippen LogP contribution in [-0.4, -0.2) is 20.6 Å². The molecule has 0 saturated heterocycles. The molecule has 1 N–H and O–H groups in total. The summed E-state index contributed by atoms with van der Waals surface area (Å²) in [5.74, 6) is 0.409. The third kappa shape index (κ3) is 5.12. The van der Waals surface area contributed by atoms with Crippen LogP contribution in [0.1, 0.15) is 36.9 Å². The van der Waals surface area contributed by atoms with Crippen LogP contribution in [0.4, 0.5) is 0 Å². The Morgan fingerprint density at radius 3 is 2.79 bits per heavy atom. The highest BCUT2D eigenvalue weighted by atomic mass is 35.5. The molecule has 7 nitrogen and oxygen atoms in total. The second-order valence-electron chi connectivity index (χ2n) is 6.73. The number of nitrogens with one attached hydrogen (secondary N) is 1. The van der Waals surface area contributed by atoms with Crippen molar-refractivity contribution < 1.29 is 9.32 Å². The van der Waals surface area contributed by atoms with Gasteiger partial charge in [0.2, 0.25) is 17.6 Å². The van der Waals surface area contributed by atoms with Crippen molar-refractivity contribution in [3.8, 4) is 11.4 Å². The minimum absolute atomic E-state index is 0.142. The summed E-state index contributed by atoms with van der Waals surface area (Å²) < 4.78 is 6.93. The number of benzene rings is 1. The second-order valence-corrected chi connectivity index (χ2v) is 7.13. The van der Waals surface area contributed by atoms with Gasteiger partial charge in [0.25, 0.3) is 5.56 Å². The van der Waals surface area contributed by atoms with Crippen LogP contribution < -0.4 is 10.9 Å². The second kappa shape index (κ2) is 9.52. The van der Waals surface area contributed by atoms with Gasteiger partial charge >= 0.3 is 0 Å². The molecule has 0 bridgehead atoms. The van der Waals surface area contributed by atoms with E-state index in [1.807, 2.05) is 38.1 Å². The molecule has 0 aliphatic rings. The van der Waals surface area contributed by atoms with Gasteiger partial charge in [-0.25, -0.2) is 0 Å². The first-order valence-corrected chi connectivity index (χ1v) is 9.91. The SMILES string of the molecule is CCCn1c(C)ccc(-c2noc(CCC(=O)NCc3ccccc3Cl)n2)c1=O. The van der Waals surface area contributed by atoms with Crippen molar-refractivity contribution in [2.24, 2.45) is 0 Å². The molecule has 0 radical (unpaired) electrons. The van der Waals surface area contributed by atoms with E-state index in [1.54, 1.807) is 16.7 Å². The number of rotatable bonds is 8. The molecule has 3 rings (SSSR count). The monoisotopic (exact) mass is 414 g/mol. The van der Waals surface area contributed by atoms with E-state index < -0.39 is 0 Å². The van der Waals surface area contributed by atoms with Gasteiger partial charge in [0.05, 0.1) is 5.56 Å². The van der Waals surface area contributed by atoms with Gasteiger partial charge in [-0.1, -0.05) is 41.9 Å². The topological polar surface area (TPSA) is 90.0 Å². The highest BCUT2D eigenvalue weighted by Crippen LogP contribution is 2.15. The van der Waals surface area contributed by atoms with Crippen LogP contribution in [0, 0.1) is 6.92 Å². The van der Waals surface area contributed by atoms with E-state index in [4.69, 9.17) is 16.1 Å². The predicted octanol–water partition coefficient (Wildman–Crippen LogP) is 3.52. The maximum Gasteiger partial charge on any atom is 0.261 e. The van der Waals surface area contributed by atoms with Crippen molar-refractivity contribution in [1.82, 2.24) is 20.0 Å². The largest absolute Gasteiger partial charge is 0.352 e. The highest BCUT2D eigenvalue weighted by Gasteiger charge is 2.15. The van der Waals surface area contributed by atoms with Gasteiger partial charge in [0, 0.05) is 36.6 Å².